The molecule has 0 aliphatic heterocycles. The van der Waals surface area contributed by atoms with Gasteiger partial charge in [0.1, 0.15) is 0 Å². The van der Waals surface area contributed by atoms with Gasteiger partial charge in [-0.2, -0.15) is 0 Å². The number of alkyl halides is 1. The summed E-state index contributed by atoms with van der Waals surface area (Å²) in [4.78, 5) is 0. The van der Waals surface area contributed by atoms with Gasteiger partial charge in [0, 0.05) is 5.33 Å². The first-order valence-electron chi connectivity index (χ1n) is 4.59. The normalized spacial score (nSPS) is 17.1. The molecule has 0 nitrogen and oxygen atoms in total. The monoisotopic (exact) mass is 232 g/mol. The number of hydrogen-bond donors (Lipinski definition) is 0. The molecule has 72 valence electrons. The lowest BCUT2D eigenvalue weighted by Gasteiger charge is -2.33. The molecule has 0 aliphatic rings. The van der Waals surface area contributed by atoms with Crippen molar-refractivity contribution < 1.29 is 0 Å². The quantitative estimate of drug-likeness (QED) is 0.487. The molecule has 0 N–H and O–H groups in total. The van der Waals surface area contributed by atoms with Gasteiger partial charge >= 0.3 is 0 Å². The Kier molecular flexibility index (Phi) is 4.54. The molecular formula is C11H21Br. The second-order valence-electron chi connectivity index (χ2n) is 4.69. The van der Waals surface area contributed by atoms with Crippen molar-refractivity contribution in [3.63, 3.8) is 0 Å². The van der Waals surface area contributed by atoms with Crippen LogP contribution in [0.15, 0.2) is 12.7 Å². The lowest BCUT2D eigenvalue weighted by molar-refractivity contribution is 0.234. The summed E-state index contributed by atoms with van der Waals surface area (Å²) in [5.41, 5.74) is 0.677. The fourth-order valence-corrected chi connectivity index (χ4v) is 1.82. The van der Waals surface area contributed by atoms with Crippen molar-refractivity contribution in [2.75, 3.05) is 5.33 Å². The minimum absolute atomic E-state index is 0.250. The van der Waals surface area contributed by atoms with Crippen molar-refractivity contribution >= 4 is 15.9 Å². The fourth-order valence-electron chi connectivity index (χ4n) is 1.39. The minimum Gasteiger partial charge on any atom is -0.103 e. The van der Waals surface area contributed by atoms with Gasteiger partial charge in [-0.1, -0.05) is 56.1 Å². The van der Waals surface area contributed by atoms with Crippen LogP contribution in [0.5, 0.6) is 0 Å². The summed E-state index contributed by atoms with van der Waals surface area (Å²) in [7, 11) is 0. The van der Waals surface area contributed by atoms with Crippen LogP contribution in [-0.2, 0) is 0 Å². The van der Waals surface area contributed by atoms with Gasteiger partial charge < -0.3 is 0 Å². The molecule has 1 heteroatoms. The van der Waals surface area contributed by atoms with E-state index in [1.165, 1.54) is 12.8 Å². The fraction of sp³-hybridized carbons (Fsp3) is 0.818. The van der Waals surface area contributed by atoms with E-state index < -0.39 is 0 Å². The predicted octanol–water partition coefficient (Wildman–Crippen LogP) is 4.40. The third-order valence-electron chi connectivity index (χ3n) is 2.64. The zero-order chi connectivity index (χ0) is 9.83. The van der Waals surface area contributed by atoms with E-state index in [1.807, 2.05) is 0 Å². The molecule has 0 radical (unpaired) electrons. The first kappa shape index (κ1) is 12.2. The smallest absolute Gasteiger partial charge is 0.0120 e. The van der Waals surface area contributed by atoms with Crippen molar-refractivity contribution in [1.29, 1.82) is 0 Å². The molecule has 0 heterocycles. The Labute approximate surface area is 85.6 Å². The van der Waals surface area contributed by atoms with Crippen LogP contribution in [0.2, 0.25) is 0 Å². The van der Waals surface area contributed by atoms with Crippen LogP contribution in [0.25, 0.3) is 0 Å². The van der Waals surface area contributed by atoms with E-state index in [1.54, 1.807) is 0 Å². The molecule has 0 aromatic rings. The average Bonchev–Trinajstić information content (AvgIpc) is 2.04. The molecule has 0 saturated heterocycles. The molecule has 0 aromatic carbocycles. The summed E-state index contributed by atoms with van der Waals surface area (Å²) < 4.78 is 0. The molecule has 1 unspecified atom stereocenters. The second-order valence-corrected chi connectivity index (χ2v) is 5.25. The van der Waals surface area contributed by atoms with Gasteiger partial charge in [0.2, 0.25) is 0 Å². The number of rotatable bonds is 5. The SMILES string of the molecule is C=CC(C)(CBr)CC(C)(C)CC. The van der Waals surface area contributed by atoms with Crippen molar-refractivity contribution in [3.05, 3.63) is 12.7 Å². The Bertz CT molecular complexity index is 149. The van der Waals surface area contributed by atoms with Crippen LogP contribution in [0, 0.1) is 10.8 Å². The van der Waals surface area contributed by atoms with Crippen LogP contribution < -0.4 is 0 Å². The highest BCUT2D eigenvalue weighted by molar-refractivity contribution is 9.09. The molecule has 1 atom stereocenters. The number of halogens is 1. The highest BCUT2D eigenvalue weighted by Crippen LogP contribution is 2.37. The Balaban J connectivity index is 4.29. The third-order valence-corrected chi connectivity index (χ3v) is 3.92. The van der Waals surface area contributed by atoms with E-state index in [9.17, 15) is 0 Å². The number of hydrogen-bond acceptors (Lipinski definition) is 0. The Morgan fingerprint density at radius 3 is 2.08 bits per heavy atom. The first-order valence-corrected chi connectivity index (χ1v) is 5.71. The van der Waals surface area contributed by atoms with Crippen LogP contribution in [0.3, 0.4) is 0 Å². The van der Waals surface area contributed by atoms with Crippen LogP contribution in [0.4, 0.5) is 0 Å². The molecule has 0 amide bonds. The van der Waals surface area contributed by atoms with E-state index in [4.69, 9.17) is 0 Å². The average molecular weight is 233 g/mol. The van der Waals surface area contributed by atoms with Crippen molar-refractivity contribution in [3.8, 4) is 0 Å². The van der Waals surface area contributed by atoms with E-state index in [2.05, 4.69) is 56.3 Å². The van der Waals surface area contributed by atoms with Gasteiger partial charge in [-0.25, -0.2) is 0 Å². The van der Waals surface area contributed by atoms with Gasteiger partial charge in [-0.15, -0.1) is 6.58 Å². The van der Waals surface area contributed by atoms with Crippen molar-refractivity contribution in [2.24, 2.45) is 10.8 Å². The first-order chi connectivity index (χ1) is 5.39. The molecule has 0 saturated carbocycles. The zero-order valence-electron chi connectivity index (χ0n) is 8.78. The Morgan fingerprint density at radius 2 is 1.83 bits per heavy atom. The summed E-state index contributed by atoms with van der Waals surface area (Å²) in [6.45, 7) is 13.0. The zero-order valence-corrected chi connectivity index (χ0v) is 10.4. The minimum atomic E-state index is 0.250. The third kappa shape index (κ3) is 3.75. The lowest BCUT2D eigenvalue weighted by atomic mass is 9.74. The van der Waals surface area contributed by atoms with Gasteiger partial charge in [-0.05, 0) is 17.3 Å². The molecule has 0 fully saturated rings. The maximum Gasteiger partial charge on any atom is 0.0120 e. The Hall–Kier alpha value is 0.220. The predicted molar refractivity (Wildman–Crippen MR) is 60.8 cm³/mol. The maximum atomic E-state index is 3.89. The van der Waals surface area contributed by atoms with Crippen molar-refractivity contribution in [1.82, 2.24) is 0 Å². The Morgan fingerprint density at radius 1 is 1.33 bits per heavy atom. The molecular weight excluding hydrogens is 212 g/mol. The van der Waals surface area contributed by atoms with Crippen LogP contribution in [0.1, 0.15) is 40.5 Å². The van der Waals surface area contributed by atoms with E-state index in [-0.39, 0.29) is 5.41 Å². The van der Waals surface area contributed by atoms with Gasteiger partial charge in [0.15, 0.2) is 0 Å². The number of allylic oxidation sites excluding steroid dienone is 1. The topological polar surface area (TPSA) is 0 Å². The standard InChI is InChI=1S/C11H21Br/c1-6-10(3,4)8-11(5,7-2)9-12/h7H,2,6,8-9H2,1,3-5H3. The molecule has 0 aromatic heterocycles. The van der Waals surface area contributed by atoms with Crippen LogP contribution >= 0.6 is 15.9 Å². The molecule has 0 spiro atoms. The van der Waals surface area contributed by atoms with E-state index >= 15 is 0 Å². The van der Waals surface area contributed by atoms with E-state index in [0.717, 1.165) is 5.33 Å². The summed E-state index contributed by atoms with van der Waals surface area (Å²) in [6, 6.07) is 0. The summed E-state index contributed by atoms with van der Waals surface area (Å²) >= 11 is 3.54. The molecule has 0 bridgehead atoms. The van der Waals surface area contributed by atoms with E-state index in [0.29, 0.717) is 5.41 Å². The highest BCUT2D eigenvalue weighted by atomic mass is 79.9. The molecule has 12 heavy (non-hydrogen) atoms. The second kappa shape index (κ2) is 4.45. The lowest BCUT2D eigenvalue weighted by Crippen LogP contribution is -2.24. The van der Waals surface area contributed by atoms with Gasteiger partial charge in [0.05, 0.1) is 0 Å². The van der Waals surface area contributed by atoms with Crippen LogP contribution in [-0.4, -0.2) is 5.33 Å². The largest absolute Gasteiger partial charge is 0.103 e. The molecule has 0 rings (SSSR count). The highest BCUT2D eigenvalue weighted by Gasteiger charge is 2.27. The summed E-state index contributed by atoms with van der Waals surface area (Å²) in [5.74, 6) is 0. The van der Waals surface area contributed by atoms with Gasteiger partial charge in [-0.3, -0.25) is 0 Å². The van der Waals surface area contributed by atoms with Gasteiger partial charge in [0.25, 0.3) is 0 Å². The summed E-state index contributed by atoms with van der Waals surface area (Å²) in [6.07, 6.45) is 4.49. The van der Waals surface area contributed by atoms with Crippen molar-refractivity contribution in [2.45, 2.75) is 40.5 Å². The maximum absolute atomic E-state index is 3.89. The molecule has 0 aliphatic carbocycles. The summed E-state index contributed by atoms with van der Waals surface area (Å²) in [5, 5.41) is 1.01.